The molecule has 2 N–H and O–H groups in total. The number of amides is 2. The molecule has 0 spiro atoms. The molecule has 0 saturated carbocycles. The predicted molar refractivity (Wildman–Crippen MR) is 133 cm³/mol. The molecule has 2 aromatic rings. The van der Waals surface area contributed by atoms with E-state index in [0.717, 1.165) is 28.7 Å². The van der Waals surface area contributed by atoms with Crippen molar-refractivity contribution in [3.05, 3.63) is 59.7 Å². The van der Waals surface area contributed by atoms with Crippen LogP contribution in [0, 0.1) is 11.8 Å². The van der Waals surface area contributed by atoms with Crippen molar-refractivity contribution in [2.75, 3.05) is 19.7 Å². The van der Waals surface area contributed by atoms with Crippen molar-refractivity contribution in [3.63, 3.8) is 0 Å². The second-order valence-corrected chi connectivity index (χ2v) is 10.0. The molecule has 2 aromatic carbocycles. The smallest absolute Gasteiger partial charge is 0.407 e. The number of carbonyl (C=O) groups excluding carboxylic acids is 2. The number of ether oxygens (including phenoxy) is 1. The quantitative estimate of drug-likeness (QED) is 0.547. The Hall–Kier alpha value is -3.35. The summed E-state index contributed by atoms with van der Waals surface area (Å²) in [5.74, 6) is -0.581. The van der Waals surface area contributed by atoms with Crippen molar-refractivity contribution in [1.29, 1.82) is 0 Å². The number of likely N-dealkylation sites (tertiary alicyclic amines) is 1. The summed E-state index contributed by atoms with van der Waals surface area (Å²) >= 11 is 0. The van der Waals surface area contributed by atoms with Crippen LogP contribution in [0.2, 0.25) is 0 Å². The van der Waals surface area contributed by atoms with Gasteiger partial charge in [0.15, 0.2) is 0 Å². The minimum Gasteiger partial charge on any atom is -0.481 e. The molecule has 2 atom stereocenters. The fourth-order valence-electron chi connectivity index (χ4n) is 5.29. The van der Waals surface area contributed by atoms with Gasteiger partial charge in [0.1, 0.15) is 12.6 Å². The maximum Gasteiger partial charge on any atom is 0.407 e. The van der Waals surface area contributed by atoms with E-state index in [4.69, 9.17) is 9.84 Å². The third kappa shape index (κ3) is 5.84. The highest BCUT2D eigenvalue weighted by molar-refractivity contribution is 5.86. The van der Waals surface area contributed by atoms with Crippen LogP contribution in [-0.4, -0.2) is 53.7 Å². The van der Waals surface area contributed by atoms with Gasteiger partial charge in [-0.3, -0.25) is 9.59 Å². The van der Waals surface area contributed by atoms with Crippen molar-refractivity contribution in [2.24, 2.45) is 11.8 Å². The second-order valence-electron chi connectivity index (χ2n) is 10.0. The summed E-state index contributed by atoms with van der Waals surface area (Å²) in [5, 5.41) is 11.7. The Morgan fingerprint density at radius 1 is 1.06 bits per heavy atom. The standard InChI is InChI=1S/C28H34N2O5/c1-18(2)15-25(27(33)30-14-13-19(16-30)11-12-26(31)32)29-28(34)35-17-24-22-9-5-3-7-20(22)21-8-4-6-10-23(21)24/h3-10,18-19,24-25H,11-17H2,1-2H3,(H,29,34)(H,31,32)/t19?,25-/m1/s1. The fraction of sp³-hybridized carbons (Fsp3) is 0.464. The van der Waals surface area contributed by atoms with Gasteiger partial charge in [-0.15, -0.1) is 0 Å². The van der Waals surface area contributed by atoms with Crippen LogP contribution in [0.3, 0.4) is 0 Å². The minimum atomic E-state index is -0.815. The van der Waals surface area contributed by atoms with Crippen molar-refractivity contribution in [1.82, 2.24) is 10.2 Å². The first-order valence-corrected chi connectivity index (χ1v) is 12.5. The highest BCUT2D eigenvalue weighted by atomic mass is 16.5. The van der Waals surface area contributed by atoms with Crippen LogP contribution in [0.4, 0.5) is 4.79 Å². The zero-order valence-electron chi connectivity index (χ0n) is 20.4. The van der Waals surface area contributed by atoms with Gasteiger partial charge >= 0.3 is 12.1 Å². The highest BCUT2D eigenvalue weighted by Gasteiger charge is 2.33. The lowest BCUT2D eigenvalue weighted by atomic mass is 9.98. The van der Waals surface area contributed by atoms with Gasteiger partial charge < -0.3 is 20.1 Å². The zero-order chi connectivity index (χ0) is 24.9. The molecule has 2 amide bonds. The van der Waals surface area contributed by atoms with Crippen LogP contribution in [0.25, 0.3) is 11.1 Å². The first kappa shape index (κ1) is 24.8. The molecular formula is C28H34N2O5. The number of carboxylic acids is 1. The Morgan fingerprint density at radius 3 is 2.29 bits per heavy atom. The topological polar surface area (TPSA) is 95.9 Å². The fourth-order valence-corrected chi connectivity index (χ4v) is 5.29. The average Bonchev–Trinajstić information content (AvgIpc) is 3.43. The molecule has 1 fully saturated rings. The van der Waals surface area contributed by atoms with E-state index in [-0.39, 0.29) is 36.7 Å². The van der Waals surface area contributed by atoms with Crippen LogP contribution in [0.5, 0.6) is 0 Å². The third-order valence-corrected chi connectivity index (χ3v) is 7.00. The van der Waals surface area contributed by atoms with Crippen molar-refractivity contribution >= 4 is 18.0 Å². The van der Waals surface area contributed by atoms with E-state index in [9.17, 15) is 14.4 Å². The number of aliphatic carboxylic acids is 1. The van der Waals surface area contributed by atoms with Gasteiger partial charge in [0.2, 0.25) is 5.91 Å². The lowest BCUT2D eigenvalue weighted by molar-refractivity contribution is -0.137. The summed E-state index contributed by atoms with van der Waals surface area (Å²) in [6, 6.07) is 15.7. The molecule has 186 valence electrons. The molecule has 7 nitrogen and oxygen atoms in total. The highest BCUT2D eigenvalue weighted by Crippen LogP contribution is 2.44. The molecule has 35 heavy (non-hydrogen) atoms. The Kier molecular flexibility index (Phi) is 7.73. The molecule has 2 aliphatic rings. The van der Waals surface area contributed by atoms with E-state index < -0.39 is 18.1 Å². The van der Waals surface area contributed by atoms with E-state index in [1.54, 1.807) is 4.90 Å². The van der Waals surface area contributed by atoms with E-state index in [1.807, 2.05) is 38.1 Å². The number of carboxylic acid groups (broad SMARTS) is 1. The molecule has 0 bridgehead atoms. The molecule has 0 radical (unpaired) electrons. The van der Waals surface area contributed by atoms with Gasteiger partial charge in [-0.2, -0.15) is 0 Å². The van der Waals surface area contributed by atoms with E-state index >= 15 is 0 Å². The maximum absolute atomic E-state index is 13.2. The number of alkyl carbamates (subject to hydrolysis) is 1. The second kappa shape index (κ2) is 10.9. The lowest BCUT2D eigenvalue weighted by Gasteiger charge is -2.26. The van der Waals surface area contributed by atoms with E-state index in [1.165, 1.54) is 0 Å². The molecule has 1 heterocycles. The third-order valence-electron chi connectivity index (χ3n) is 7.00. The number of rotatable bonds is 9. The summed E-state index contributed by atoms with van der Waals surface area (Å²) < 4.78 is 5.66. The summed E-state index contributed by atoms with van der Waals surface area (Å²) in [4.78, 5) is 38.7. The molecule has 0 aromatic heterocycles. The van der Waals surface area contributed by atoms with Gasteiger partial charge in [0.05, 0.1) is 0 Å². The average molecular weight is 479 g/mol. The van der Waals surface area contributed by atoms with Crippen LogP contribution >= 0.6 is 0 Å². The zero-order valence-corrected chi connectivity index (χ0v) is 20.4. The molecule has 1 saturated heterocycles. The normalized spacial score (nSPS) is 17.7. The summed E-state index contributed by atoms with van der Waals surface area (Å²) in [6.07, 6.45) is 1.39. The molecule has 7 heteroatoms. The lowest BCUT2D eigenvalue weighted by Crippen LogP contribution is -2.48. The first-order chi connectivity index (χ1) is 16.8. The molecule has 4 rings (SSSR count). The number of nitrogens with zero attached hydrogens (tertiary/aromatic N) is 1. The minimum absolute atomic E-state index is 0.0408. The largest absolute Gasteiger partial charge is 0.481 e. The van der Waals surface area contributed by atoms with Crippen LogP contribution < -0.4 is 5.32 Å². The number of hydrogen-bond donors (Lipinski definition) is 2. The Bertz CT molecular complexity index is 1040. The number of carbonyl (C=O) groups is 3. The monoisotopic (exact) mass is 478 g/mol. The van der Waals surface area contributed by atoms with Crippen molar-refractivity contribution in [3.8, 4) is 11.1 Å². The molecular weight excluding hydrogens is 444 g/mol. The van der Waals surface area contributed by atoms with Gasteiger partial charge in [-0.25, -0.2) is 4.79 Å². The first-order valence-electron chi connectivity index (χ1n) is 12.5. The van der Waals surface area contributed by atoms with Gasteiger partial charge in [-0.05, 0) is 53.4 Å². The summed E-state index contributed by atoms with van der Waals surface area (Å²) in [6.45, 7) is 5.35. The molecule has 1 aliphatic heterocycles. The Morgan fingerprint density at radius 2 is 1.69 bits per heavy atom. The van der Waals surface area contributed by atoms with Crippen LogP contribution in [-0.2, 0) is 14.3 Å². The maximum atomic E-state index is 13.2. The number of fused-ring (bicyclic) bond motifs is 3. The number of benzene rings is 2. The van der Waals surface area contributed by atoms with Crippen molar-refractivity contribution < 1.29 is 24.2 Å². The molecule has 1 aliphatic carbocycles. The van der Waals surface area contributed by atoms with Gasteiger partial charge in [0.25, 0.3) is 0 Å². The summed E-state index contributed by atoms with van der Waals surface area (Å²) in [7, 11) is 0. The number of nitrogens with one attached hydrogen (secondary N) is 1. The van der Waals surface area contributed by atoms with Crippen LogP contribution in [0.15, 0.2) is 48.5 Å². The van der Waals surface area contributed by atoms with Gasteiger partial charge in [-0.1, -0.05) is 62.4 Å². The molecule has 1 unspecified atom stereocenters. The Balaban J connectivity index is 1.37. The Labute approximate surface area is 206 Å². The predicted octanol–water partition coefficient (Wildman–Crippen LogP) is 4.65. The van der Waals surface area contributed by atoms with Crippen molar-refractivity contribution in [2.45, 2.75) is 51.5 Å². The van der Waals surface area contributed by atoms with E-state index in [2.05, 4.69) is 29.6 Å². The van der Waals surface area contributed by atoms with Gasteiger partial charge in [0, 0.05) is 25.4 Å². The SMILES string of the molecule is CC(C)C[C@@H](NC(=O)OCC1c2ccccc2-c2ccccc21)C(=O)N1CCC(CCC(=O)O)C1. The number of hydrogen-bond acceptors (Lipinski definition) is 4. The van der Waals surface area contributed by atoms with Crippen LogP contribution in [0.1, 0.15) is 56.6 Å². The summed E-state index contributed by atoms with van der Waals surface area (Å²) in [5.41, 5.74) is 4.61. The van der Waals surface area contributed by atoms with E-state index in [0.29, 0.717) is 25.9 Å².